The van der Waals surface area contributed by atoms with E-state index in [1.54, 1.807) is 35.1 Å². The van der Waals surface area contributed by atoms with Gasteiger partial charge in [0.25, 0.3) is 5.91 Å². The van der Waals surface area contributed by atoms with Crippen LogP contribution in [0.15, 0.2) is 115 Å². The lowest BCUT2D eigenvalue weighted by molar-refractivity contribution is 0.102. The second-order valence-electron chi connectivity index (χ2n) is 8.25. The SMILES string of the molecule is Cc1ccc(C(=O)c2ccc(NC(=O)c3cnn(-c4ccccc4)c3-c3ccccc3)cc2)cc1. The van der Waals surface area contributed by atoms with Crippen molar-refractivity contribution in [2.24, 2.45) is 0 Å². The number of amides is 1. The molecule has 170 valence electrons. The Morgan fingerprint density at radius 1 is 0.714 bits per heavy atom. The van der Waals surface area contributed by atoms with E-state index < -0.39 is 0 Å². The zero-order valence-electron chi connectivity index (χ0n) is 19.2. The van der Waals surface area contributed by atoms with Crippen LogP contribution in [0.4, 0.5) is 5.69 Å². The molecular weight excluding hydrogens is 434 g/mol. The van der Waals surface area contributed by atoms with Gasteiger partial charge in [0.2, 0.25) is 0 Å². The van der Waals surface area contributed by atoms with Gasteiger partial charge in [0.05, 0.1) is 23.1 Å². The van der Waals surface area contributed by atoms with Gasteiger partial charge in [-0.25, -0.2) is 4.68 Å². The quantitative estimate of drug-likeness (QED) is 0.303. The fraction of sp³-hybridized carbons (Fsp3) is 0.0333. The minimum absolute atomic E-state index is 0.0571. The summed E-state index contributed by atoms with van der Waals surface area (Å²) >= 11 is 0. The van der Waals surface area contributed by atoms with Crippen molar-refractivity contribution in [2.45, 2.75) is 6.92 Å². The number of rotatable bonds is 6. The summed E-state index contributed by atoms with van der Waals surface area (Å²) in [6.45, 7) is 1.98. The zero-order valence-corrected chi connectivity index (χ0v) is 19.2. The van der Waals surface area contributed by atoms with Crippen LogP contribution in [0.2, 0.25) is 0 Å². The Hall–Kier alpha value is -4.77. The van der Waals surface area contributed by atoms with E-state index in [-0.39, 0.29) is 11.7 Å². The van der Waals surface area contributed by atoms with E-state index in [1.165, 1.54) is 0 Å². The molecule has 0 saturated heterocycles. The highest BCUT2D eigenvalue weighted by molar-refractivity contribution is 6.10. The fourth-order valence-corrected chi connectivity index (χ4v) is 3.93. The van der Waals surface area contributed by atoms with Crippen LogP contribution in [0.1, 0.15) is 31.8 Å². The Morgan fingerprint density at radius 3 is 1.91 bits per heavy atom. The number of ketones is 1. The topological polar surface area (TPSA) is 64.0 Å². The number of hydrogen-bond donors (Lipinski definition) is 1. The molecule has 0 radical (unpaired) electrons. The summed E-state index contributed by atoms with van der Waals surface area (Å²) in [5.41, 5.74) is 5.82. The largest absolute Gasteiger partial charge is 0.322 e. The molecule has 5 heteroatoms. The minimum Gasteiger partial charge on any atom is -0.322 e. The molecule has 0 bridgehead atoms. The molecule has 5 aromatic rings. The standard InChI is InChI=1S/C30H23N3O2/c1-21-12-14-23(15-13-21)29(34)24-16-18-25(19-17-24)32-30(35)27-20-31-33(26-10-6-3-7-11-26)28(27)22-8-4-2-5-9-22/h2-20H,1H3,(H,32,35). The predicted molar refractivity (Wildman–Crippen MR) is 138 cm³/mol. The molecule has 0 aliphatic rings. The molecule has 35 heavy (non-hydrogen) atoms. The van der Waals surface area contributed by atoms with Crippen LogP contribution in [0, 0.1) is 6.92 Å². The van der Waals surface area contributed by atoms with Gasteiger partial charge in [-0.1, -0.05) is 78.4 Å². The summed E-state index contributed by atoms with van der Waals surface area (Å²) in [5, 5.41) is 7.46. The van der Waals surface area contributed by atoms with Crippen LogP contribution in [-0.2, 0) is 0 Å². The summed E-state index contributed by atoms with van der Waals surface area (Å²) in [7, 11) is 0. The number of para-hydroxylation sites is 1. The number of carbonyl (C=O) groups is 2. The first-order chi connectivity index (χ1) is 17.1. The second-order valence-corrected chi connectivity index (χ2v) is 8.25. The Balaban J connectivity index is 1.42. The molecule has 4 aromatic carbocycles. The monoisotopic (exact) mass is 457 g/mol. The predicted octanol–water partition coefficient (Wildman–Crippen LogP) is 6.33. The maximum atomic E-state index is 13.3. The third kappa shape index (κ3) is 4.66. The first-order valence-electron chi connectivity index (χ1n) is 11.3. The van der Waals surface area contributed by atoms with Gasteiger partial charge < -0.3 is 5.32 Å². The highest BCUT2D eigenvalue weighted by Crippen LogP contribution is 2.27. The molecule has 1 heterocycles. The molecule has 5 rings (SSSR count). The molecule has 0 spiro atoms. The minimum atomic E-state index is -0.274. The van der Waals surface area contributed by atoms with Crippen molar-refractivity contribution in [3.05, 3.63) is 138 Å². The van der Waals surface area contributed by atoms with Crippen molar-refractivity contribution in [1.29, 1.82) is 0 Å². The van der Waals surface area contributed by atoms with Crippen LogP contribution >= 0.6 is 0 Å². The van der Waals surface area contributed by atoms with Crippen molar-refractivity contribution in [1.82, 2.24) is 9.78 Å². The average Bonchev–Trinajstić information content (AvgIpc) is 3.36. The Kier molecular flexibility index (Phi) is 6.05. The molecule has 1 N–H and O–H groups in total. The van der Waals surface area contributed by atoms with Gasteiger partial charge in [-0.15, -0.1) is 0 Å². The third-order valence-corrected chi connectivity index (χ3v) is 5.78. The summed E-state index contributed by atoms with van der Waals surface area (Å²) in [6, 6.07) is 33.8. The van der Waals surface area contributed by atoms with Gasteiger partial charge in [0, 0.05) is 22.4 Å². The van der Waals surface area contributed by atoms with E-state index in [1.807, 2.05) is 91.9 Å². The number of carbonyl (C=O) groups excluding carboxylic acids is 2. The number of aromatic nitrogens is 2. The number of benzene rings is 4. The molecule has 0 saturated carbocycles. The molecule has 5 nitrogen and oxygen atoms in total. The lowest BCUT2D eigenvalue weighted by Crippen LogP contribution is -2.13. The zero-order chi connectivity index (χ0) is 24.2. The van der Waals surface area contributed by atoms with E-state index in [2.05, 4.69) is 10.4 Å². The van der Waals surface area contributed by atoms with Crippen LogP contribution < -0.4 is 5.32 Å². The Bertz CT molecular complexity index is 1470. The normalized spacial score (nSPS) is 10.7. The Labute approximate surface area is 203 Å². The smallest absolute Gasteiger partial charge is 0.259 e. The molecule has 0 fully saturated rings. The van der Waals surface area contributed by atoms with Crippen molar-refractivity contribution >= 4 is 17.4 Å². The lowest BCUT2D eigenvalue weighted by atomic mass is 10.0. The highest BCUT2D eigenvalue weighted by Gasteiger charge is 2.20. The first-order valence-corrected chi connectivity index (χ1v) is 11.3. The van der Waals surface area contributed by atoms with Gasteiger partial charge >= 0.3 is 0 Å². The summed E-state index contributed by atoms with van der Waals surface area (Å²) < 4.78 is 1.77. The van der Waals surface area contributed by atoms with Crippen molar-refractivity contribution in [2.75, 3.05) is 5.32 Å². The molecule has 0 unspecified atom stereocenters. The fourth-order valence-electron chi connectivity index (χ4n) is 3.93. The van der Waals surface area contributed by atoms with Crippen LogP contribution in [0.3, 0.4) is 0 Å². The van der Waals surface area contributed by atoms with Crippen molar-refractivity contribution in [3.8, 4) is 16.9 Å². The van der Waals surface area contributed by atoms with Gasteiger partial charge in [0.15, 0.2) is 5.78 Å². The average molecular weight is 458 g/mol. The number of aryl methyl sites for hydroxylation is 1. The summed E-state index contributed by atoms with van der Waals surface area (Å²) in [5.74, 6) is -0.331. The molecule has 1 aromatic heterocycles. The van der Waals surface area contributed by atoms with Crippen molar-refractivity contribution in [3.63, 3.8) is 0 Å². The van der Waals surface area contributed by atoms with Crippen molar-refractivity contribution < 1.29 is 9.59 Å². The van der Waals surface area contributed by atoms with E-state index in [0.29, 0.717) is 28.1 Å². The second kappa shape index (κ2) is 9.61. The summed E-state index contributed by atoms with van der Waals surface area (Å²) in [6.07, 6.45) is 1.58. The van der Waals surface area contributed by atoms with E-state index >= 15 is 0 Å². The summed E-state index contributed by atoms with van der Waals surface area (Å²) in [4.78, 5) is 26.0. The van der Waals surface area contributed by atoms with E-state index in [4.69, 9.17) is 0 Å². The number of hydrogen-bond acceptors (Lipinski definition) is 3. The van der Waals surface area contributed by atoms with Gasteiger partial charge in [-0.05, 0) is 43.3 Å². The highest BCUT2D eigenvalue weighted by atomic mass is 16.1. The van der Waals surface area contributed by atoms with Crippen LogP contribution in [-0.4, -0.2) is 21.5 Å². The lowest BCUT2D eigenvalue weighted by Gasteiger charge is -2.11. The van der Waals surface area contributed by atoms with Gasteiger partial charge in [-0.2, -0.15) is 5.10 Å². The molecule has 0 atom stereocenters. The first kappa shape index (κ1) is 22.0. The molecule has 0 aliphatic carbocycles. The molecule has 1 amide bonds. The maximum Gasteiger partial charge on any atom is 0.259 e. The third-order valence-electron chi connectivity index (χ3n) is 5.78. The van der Waals surface area contributed by atoms with E-state index in [9.17, 15) is 9.59 Å². The number of anilines is 1. The van der Waals surface area contributed by atoms with Gasteiger partial charge in [-0.3, -0.25) is 9.59 Å². The van der Waals surface area contributed by atoms with Crippen LogP contribution in [0.25, 0.3) is 16.9 Å². The van der Waals surface area contributed by atoms with E-state index in [0.717, 1.165) is 16.8 Å². The molecular formula is C30H23N3O2. The Morgan fingerprint density at radius 2 is 1.29 bits per heavy atom. The maximum absolute atomic E-state index is 13.3. The number of nitrogens with zero attached hydrogens (tertiary/aromatic N) is 2. The van der Waals surface area contributed by atoms with Crippen LogP contribution in [0.5, 0.6) is 0 Å². The molecule has 0 aliphatic heterocycles. The number of nitrogens with one attached hydrogen (secondary N) is 1. The van der Waals surface area contributed by atoms with Gasteiger partial charge in [0.1, 0.15) is 0 Å².